The van der Waals surface area contributed by atoms with Crippen LogP contribution >= 0.6 is 31.1 Å². The molecule has 0 aliphatic heterocycles. The number of rotatable bonds is 14. The molecule has 2 rings (SSSR count). The van der Waals surface area contributed by atoms with Crippen LogP contribution in [0.25, 0.3) is 11.2 Å². The molecular weight excluding hydrogens is 481 g/mol. The summed E-state index contributed by atoms with van der Waals surface area (Å²) in [4.78, 5) is 34.4. The summed E-state index contributed by atoms with van der Waals surface area (Å²) in [6.07, 6.45) is 1.27. The van der Waals surface area contributed by atoms with E-state index in [0.29, 0.717) is 29.2 Å². The fourth-order valence-corrected chi connectivity index (χ4v) is 4.89. The summed E-state index contributed by atoms with van der Waals surface area (Å²) in [6.45, 7) is 3.52. The molecule has 2 N–H and O–H groups in total. The minimum atomic E-state index is -3.58. The van der Waals surface area contributed by atoms with Crippen LogP contribution in [0.2, 0.25) is 0 Å². The quantitative estimate of drug-likeness (QED) is 0.293. The van der Waals surface area contributed by atoms with E-state index in [0.717, 1.165) is 23.5 Å². The molecule has 0 aliphatic rings. The Morgan fingerprint density at radius 2 is 1.72 bits per heavy atom. The molecule has 0 bridgehead atoms. The highest BCUT2D eigenvalue weighted by molar-refractivity contribution is 8.13. The van der Waals surface area contributed by atoms with Crippen molar-refractivity contribution in [2.45, 2.75) is 20.4 Å². The highest BCUT2D eigenvalue weighted by Gasteiger charge is 2.25. The van der Waals surface area contributed by atoms with Crippen molar-refractivity contribution in [2.75, 3.05) is 50.5 Å². The van der Waals surface area contributed by atoms with E-state index in [4.69, 9.17) is 24.3 Å². The highest BCUT2D eigenvalue weighted by atomic mass is 32.2. The molecule has 0 unspecified atom stereocenters. The van der Waals surface area contributed by atoms with Crippen LogP contribution in [-0.4, -0.2) is 74.5 Å². The van der Waals surface area contributed by atoms with E-state index < -0.39 is 7.60 Å². The predicted octanol–water partition coefficient (Wildman–Crippen LogP) is 2.18. The summed E-state index contributed by atoms with van der Waals surface area (Å²) in [6, 6.07) is 0. The zero-order valence-electron chi connectivity index (χ0n) is 18.0. The summed E-state index contributed by atoms with van der Waals surface area (Å²) >= 11 is 2.13. The van der Waals surface area contributed by atoms with Crippen LogP contribution in [-0.2, 0) is 34.5 Å². The Bertz CT molecular complexity index is 948. The van der Waals surface area contributed by atoms with Gasteiger partial charge in [-0.05, 0) is 0 Å². The van der Waals surface area contributed by atoms with Crippen LogP contribution in [0.15, 0.2) is 6.33 Å². The van der Waals surface area contributed by atoms with Gasteiger partial charge in [-0.3, -0.25) is 14.2 Å². The number of carbonyl (C=O) groups excluding carboxylic acids is 2. The Kier molecular flexibility index (Phi) is 10.9. The molecule has 15 heteroatoms. The van der Waals surface area contributed by atoms with Crippen molar-refractivity contribution >= 4 is 58.5 Å². The number of thioether (sulfide) groups is 2. The maximum Gasteiger partial charge on any atom is 0.356 e. The zero-order chi connectivity index (χ0) is 23.6. The van der Waals surface area contributed by atoms with Gasteiger partial charge in [0.05, 0.1) is 33.3 Å². The Labute approximate surface area is 193 Å². The molecule has 2 aromatic heterocycles. The average molecular weight is 508 g/mol. The van der Waals surface area contributed by atoms with Crippen molar-refractivity contribution in [3.63, 3.8) is 0 Å². The second kappa shape index (κ2) is 13.1. The number of ether oxygens (including phenoxy) is 2. The van der Waals surface area contributed by atoms with E-state index >= 15 is 0 Å². The Morgan fingerprint density at radius 1 is 1.09 bits per heavy atom. The summed E-state index contributed by atoms with van der Waals surface area (Å²) in [5, 5.41) is -0.126. The number of carbonyl (C=O) groups is 2. The summed E-state index contributed by atoms with van der Waals surface area (Å²) in [5.74, 6) is 1.00. The third-order valence-electron chi connectivity index (χ3n) is 3.72. The van der Waals surface area contributed by atoms with Gasteiger partial charge in [0.2, 0.25) is 11.8 Å². The molecule has 0 aliphatic carbocycles. The van der Waals surface area contributed by atoms with Gasteiger partial charge in [-0.2, -0.15) is 9.97 Å². The van der Waals surface area contributed by atoms with Gasteiger partial charge in [0, 0.05) is 31.9 Å². The van der Waals surface area contributed by atoms with E-state index in [1.807, 2.05) is 0 Å². The second-order valence-electron chi connectivity index (χ2n) is 6.20. The van der Waals surface area contributed by atoms with Crippen molar-refractivity contribution in [3.8, 4) is 5.88 Å². The number of methoxy groups -OCH3 is 1. The molecule has 12 nitrogen and oxygen atoms in total. The molecular formula is C17H26N5O7PS2. The fourth-order valence-electron chi connectivity index (χ4n) is 2.41. The van der Waals surface area contributed by atoms with Crippen molar-refractivity contribution in [1.29, 1.82) is 0 Å². The van der Waals surface area contributed by atoms with Gasteiger partial charge in [-0.25, -0.2) is 4.98 Å². The van der Waals surface area contributed by atoms with Gasteiger partial charge in [0.25, 0.3) is 0 Å². The Morgan fingerprint density at radius 3 is 2.28 bits per heavy atom. The molecule has 32 heavy (non-hydrogen) atoms. The topological polar surface area (TPSA) is 158 Å². The van der Waals surface area contributed by atoms with Crippen LogP contribution in [0.3, 0.4) is 0 Å². The minimum absolute atomic E-state index is 0.0511. The van der Waals surface area contributed by atoms with Crippen molar-refractivity contribution < 1.29 is 32.7 Å². The van der Waals surface area contributed by atoms with Crippen molar-refractivity contribution in [2.24, 2.45) is 0 Å². The number of fused-ring (bicyclic) bond motifs is 1. The summed E-state index contributed by atoms with van der Waals surface area (Å²) in [7, 11) is -2.11. The number of aromatic nitrogens is 4. The molecule has 0 radical (unpaired) electrons. The third kappa shape index (κ3) is 8.68. The molecule has 178 valence electrons. The molecule has 2 heterocycles. The van der Waals surface area contributed by atoms with Crippen LogP contribution in [0.5, 0.6) is 5.88 Å². The first-order valence-corrected chi connectivity index (χ1v) is 13.2. The highest BCUT2D eigenvalue weighted by Crippen LogP contribution is 2.48. The first kappa shape index (κ1) is 26.6. The number of hydrogen-bond acceptors (Lipinski definition) is 13. The maximum absolute atomic E-state index is 13.0. The lowest BCUT2D eigenvalue weighted by molar-refractivity contribution is -0.109. The van der Waals surface area contributed by atoms with E-state index in [1.165, 1.54) is 21.0 Å². The van der Waals surface area contributed by atoms with E-state index in [9.17, 15) is 14.2 Å². The van der Waals surface area contributed by atoms with Crippen molar-refractivity contribution in [1.82, 2.24) is 19.5 Å². The average Bonchev–Trinajstić information content (AvgIpc) is 3.14. The maximum atomic E-state index is 13.0. The lowest BCUT2D eigenvalue weighted by Gasteiger charge is -2.18. The van der Waals surface area contributed by atoms with E-state index in [2.05, 4.69) is 15.0 Å². The predicted molar refractivity (Wildman–Crippen MR) is 123 cm³/mol. The van der Waals surface area contributed by atoms with Gasteiger partial charge in [0.1, 0.15) is 6.35 Å². The molecule has 0 atom stereocenters. The first-order chi connectivity index (χ1) is 15.2. The monoisotopic (exact) mass is 507 g/mol. The number of nitrogen functional groups attached to an aromatic ring is 1. The number of hydrogen-bond donors (Lipinski definition) is 1. The molecule has 0 spiro atoms. The standard InChI is InChI=1S/C17H26N5O7PS2/c1-12(23)31-8-6-28-30(25,29-7-9-32-13(2)24)11-27-5-4-22-10-19-14-15(22)20-17(18)21-16(14)26-3/h10H,4-9,11H2,1-3H3,(H2,18,20,21). The molecule has 0 fully saturated rings. The Hall–Kier alpha value is -1.70. The van der Waals surface area contributed by atoms with Crippen molar-refractivity contribution in [3.05, 3.63) is 6.33 Å². The molecule has 0 saturated carbocycles. The molecule has 2 aromatic rings. The van der Waals surface area contributed by atoms with Gasteiger partial charge >= 0.3 is 7.60 Å². The smallest absolute Gasteiger partial charge is 0.356 e. The zero-order valence-corrected chi connectivity index (χ0v) is 20.5. The second-order valence-corrected chi connectivity index (χ2v) is 10.7. The lowest BCUT2D eigenvalue weighted by Crippen LogP contribution is -2.11. The largest absolute Gasteiger partial charge is 0.479 e. The summed E-state index contributed by atoms with van der Waals surface area (Å²) in [5.41, 5.74) is 6.65. The van der Waals surface area contributed by atoms with Crippen LogP contribution in [0, 0.1) is 0 Å². The SMILES string of the molecule is COc1nc(N)nc2c1ncn2CCOCP(=O)(OCCSC(C)=O)OCCSC(C)=O. The van der Waals surface area contributed by atoms with Crippen LogP contribution in [0.1, 0.15) is 13.8 Å². The van der Waals surface area contributed by atoms with E-state index in [-0.39, 0.29) is 48.2 Å². The minimum Gasteiger partial charge on any atom is -0.479 e. The van der Waals surface area contributed by atoms with Crippen LogP contribution < -0.4 is 10.5 Å². The number of anilines is 1. The van der Waals surface area contributed by atoms with Crippen LogP contribution in [0.4, 0.5) is 5.95 Å². The molecule has 0 saturated heterocycles. The molecule has 0 amide bonds. The van der Waals surface area contributed by atoms with Gasteiger partial charge in [-0.1, -0.05) is 23.5 Å². The number of nitrogens with two attached hydrogens (primary N) is 1. The normalized spacial score (nSPS) is 11.7. The first-order valence-electron chi connectivity index (χ1n) is 9.49. The van der Waals surface area contributed by atoms with Gasteiger partial charge < -0.3 is 28.8 Å². The fraction of sp³-hybridized carbons (Fsp3) is 0.588. The number of nitrogens with zero attached hydrogens (tertiary/aromatic N) is 4. The van der Waals surface area contributed by atoms with E-state index in [1.54, 1.807) is 10.9 Å². The molecule has 0 aromatic carbocycles. The lowest BCUT2D eigenvalue weighted by atomic mass is 10.5. The third-order valence-corrected chi connectivity index (χ3v) is 6.93. The number of imidazole rings is 1. The Balaban J connectivity index is 1.91. The summed E-state index contributed by atoms with van der Waals surface area (Å²) < 4.78 is 36.2. The van der Waals surface area contributed by atoms with Gasteiger partial charge in [0.15, 0.2) is 21.4 Å². The van der Waals surface area contributed by atoms with Gasteiger partial charge in [-0.15, -0.1) is 0 Å².